The van der Waals surface area contributed by atoms with Gasteiger partial charge < -0.3 is 0 Å². The third kappa shape index (κ3) is 1.67. The monoisotopic (exact) mass is 203 g/mol. The van der Waals surface area contributed by atoms with Gasteiger partial charge in [-0.15, -0.1) is 0 Å². The first-order valence-corrected chi connectivity index (χ1v) is 7.16. The molecule has 3 fully saturated rings. The lowest BCUT2D eigenvalue weighted by Crippen LogP contribution is -2.39. The van der Waals surface area contributed by atoms with Gasteiger partial charge in [0.2, 0.25) is 0 Å². The molecule has 3 rings (SSSR count). The zero-order valence-electron chi connectivity index (χ0n) is 10.2. The summed E-state index contributed by atoms with van der Waals surface area (Å²) in [5.74, 6) is 3.07. The van der Waals surface area contributed by atoms with E-state index in [1.54, 1.807) is 0 Å². The molecular formula is C14H24B. The van der Waals surface area contributed by atoms with Crippen molar-refractivity contribution in [1.82, 2.24) is 0 Å². The summed E-state index contributed by atoms with van der Waals surface area (Å²) >= 11 is 0. The van der Waals surface area contributed by atoms with E-state index in [0.29, 0.717) is 5.31 Å². The van der Waals surface area contributed by atoms with E-state index in [4.69, 9.17) is 0 Å². The molecule has 0 aromatic carbocycles. The molecule has 0 spiro atoms. The molecule has 2 aliphatic heterocycles. The number of hydrogen-bond donors (Lipinski definition) is 0. The smallest absolute Gasteiger partial charge is 0.0682 e. The van der Waals surface area contributed by atoms with E-state index >= 15 is 0 Å². The van der Waals surface area contributed by atoms with Gasteiger partial charge in [0.15, 0.2) is 0 Å². The number of fused-ring (bicyclic) bond motifs is 2. The topological polar surface area (TPSA) is 0 Å². The van der Waals surface area contributed by atoms with Crippen LogP contribution >= 0.6 is 0 Å². The summed E-state index contributed by atoms with van der Waals surface area (Å²) in [6.07, 6.45) is 13.6. The molecule has 1 heteroatoms. The van der Waals surface area contributed by atoms with Crippen LogP contribution in [0.2, 0.25) is 11.1 Å². The largest absolute Gasteiger partial charge is 0.122 e. The second kappa shape index (κ2) is 3.82. The molecular weight excluding hydrogens is 179 g/mol. The van der Waals surface area contributed by atoms with Crippen LogP contribution in [0.1, 0.15) is 64.7 Å². The fourth-order valence-electron chi connectivity index (χ4n) is 4.95. The Morgan fingerprint density at radius 2 is 1.67 bits per heavy atom. The van der Waals surface area contributed by atoms with E-state index < -0.39 is 0 Å². The molecule has 2 unspecified atom stereocenters. The van der Waals surface area contributed by atoms with Crippen molar-refractivity contribution in [1.29, 1.82) is 0 Å². The second-order valence-corrected chi connectivity index (χ2v) is 6.46. The Kier molecular flexibility index (Phi) is 2.61. The standard InChI is InChI=1S/C14H24B/c1-11-5-2-8-13(11)14-9-3-6-12(15-14)7-4-10-14/h11-13H,2-10H2,1H3. The Hall–Kier alpha value is 0.0649. The van der Waals surface area contributed by atoms with E-state index in [9.17, 15) is 0 Å². The van der Waals surface area contributed by atoms with Gasteiger partial charge in [0.25, 0.3) is 0 Å². The molecule has 0 amide bonds. The third-order valence-corrected chi connectivity index (χ3v) is 5.60. The van der Waals surface area contributed by atoms with Crippen LogP contribution in [-0.2, 0) is 0 Å². The average Bonchev–Trinajstić information content (AvgIpc) is 2.65. The summed E-state index contributed by atoms with van der Waals surface area (Å²) in [6, 6.07) is 0. The molecule has 2 heterocycles. The minimum absolute atomic E-state index is 0.705. The lowest BCUT2D eigenvalue weighted by atomic mass is 9.32. The van der Waals surface area contributed by atoms with Crippen molar-refractivity contribution < 1.29 is 0 Å². The van der Waals surface area contributed by atoms with Gasteiger partial charge in [-0.2, -0.15) is 0 Å². The van der Waals surface area contributed by atoms with Crippen LogP contribution in [0, 0.1) is 11.8 Å². The van der Waals surface area contributed by atoms with Gasteiger partial charge in [0.1, 0.15) is 7.28 Å². The Balaban J connectivity index is 1.81. The van der Waals surface area contributed by atoms with Crippen molar-refractivity contribution in [2.75, 3.05) is 0 Å². The van der Waals surface area contributed by atoms with Crippen molar-refractivity contribution >= 4 is 7.28 Å². The molecule has 0 N–H and O–H groups in total. The summed E-state index contributed by atoms with van der Waals surface area (Å²) < 4.78 is 0. The normalized spacial score (nSPS) is 50.1. The summed E-state index contributed by atoms with van der Waals surface area (Å²) in [6.45, 7) is 2.51. The van der Waals surface area contributed by atoms with Crippen LogP contribution in [0.3, 0.4) is 0 Å². The van der Waals surface area contributed by atoms with Gasteiger partial charge in [-0.25, -0.2) is 0 Å². The van der Waals surface area contributed by atoms with Gasteiger partial charge >= 0.3 is 0 Å². The molecule has 3 aliphatic rings. The minimum atomic E-state index is 0.705. The lowest BCUT2D eigenvalue weighted by molar-refractivity contribution is 0.217. The van der Waals surface area contributed by atoms with Crippen molar-refractivity contribution in [3.8, 4) is 0 Å². The first-order chi connectivity index (χ1) is 7.30. The predicted octanol–water partition coefficient (Wildman–Crippen LogP) is 4.44. The van der Waals surface area contributed by atoms with Crippen molar-refractivity contribution in [2.45, 2.75) is 75.8 Å². The quantitative estimate of drug-likeness (QED) is 0.552. The summed E-state index contributed by atoms with van der Waals surface area (Å²) in [7, 11) is 2.83. The fourth-order valence-corrected chi connectivity index (χ4v) is 4.95. The summed E-state index contributed by atoms with van der Waals surface area (Å²) in [5, 5.41) is 0.705. The number of rotatable bonds is 1. The molecule has 1 radical (unpaired) electrons. The first kappa shape index (κ1) is 10.2. The van der Waals surface area contributed by atoms with Gasteiger partial charge in [0.05, 0.1) is 0 Å². The third-order valence-electron chi connectivity index (χ3n) is 5.60. The van der Waals surface area contributed by atoms with Crippen LogP contribution in [0.25, 0.3) is 0 Å². The van der Waals surface area contributed by atoms with Crippen LogP contribution < -0.4 is 0 Å². The molecule has 15 heavy (non-hydrogen) atoms. The van der Waals surface area contributed by atoms with Gasteiger partial charge in [-0.3, -0.25) is 0 Å². The van der Waals surface area contributed by atoms with Crippen LogP contribution in [0.5, 0.6) is 0 Å². The van der Waals surface area contributed by atoms with Gasteiger partial charge in [-0.1, -0.05) is 75.8 Å². The molecule has 1 saturated carbocycles. The Labute approximate surface area is 95.5 Å². The highest BCUT2D eigenvalue weighted by Gasteiger charge is 2.47. The lowest BCUT2D eigenvalue weighted by Gasteiger charge is -2.50. The predicted molar refractivity (Wildman–Crippen MR) is 66.4 cm³/mol. The number of hydrogen-bond acceptors (Lipinski definition) is 0. The first-order valence-electron chi connectivity index (χ1n) is 7.16. The van der Waals surface area contributed by atoms with Crippen molar-refractivity contribution in [2.24, 2.45) is 11.8 Å². The van der Waals surface area contributed by atoms with Crippen LogP contribution in [0.4, 0.5) is 0 Å². The van der Waals surface area contributed by atoms with Gasteiger partial charge in [0, 0.05) is 0 Å². The Bertz CT molecular complexity index is 225. The summed E-state index contributed by atoms with van der Waals surface area (Å²) in [4.78, 5) is 0. The maximum Gasteiger partial charge on any atom is 0.122 e. The van der Waals surface area contributed by atoms with E-state index in [1.165, 1.54) is 57.8 Å². The van der Waals surface area contributed by atoms with Crippen molar-refractivity contribution in [3.05, 3.63) is 0 Å². The SMILES string of the molecule is CC1CCCC1C12[B]C(CCC1)CCC2. The van der Waals surface area contributed by atoms with Crippen LogP contribution in [0.15, 0.2) is 0 Å². The Morgan fingerprint density at radius 1 is 0.933 bits per heavy atom. The average molecular weight is 203 g/mol. The van der Waals surface area contributed by atoms with E-state index in [1.807, 2.05) is 0 Å². The highest BCUT2D eigenvalue weighted by atomic mass is 14.5. The molecule has 83 valence electrons. The van der Waals surface area contributed by atoms with E-state index in [-0.39, 0.29) is 0 Å². The van der Waals surface area contributed by atoms with E-state index in [0.717, 1.165) is 17.7 Å². The molecule has 0 nitrogen and oxygen atoms in total. The molecule has 2 bridgehead atoms. The molecule has 0 aromatic rings. The van der Waals surface area contributed by atoms with Crippen LogP contribution in [-0.4, -0.2) is 7.28 Å². The van der Waals surface area contributed by atoms with Gasteiger partial charge in [-0.05, 0) is 11.8 Å². The maximum absolute atomic E-state index is 2.83. The molecule has 2 atom stereocenters. The van der Waals surface area contributed by atoms with Crippen molar-refractivity contribution in [3.63, 3.8) is 0 Å². The zero-order valence-corrected chi connectivity index (χ0v) is 10.2. The maximum atomic E-state index is 2.83. The Morgan fingerprint density at radius 3 is 2.27 bits per heavy atom. The molecule has 2 saturated heterocycles. The summed E-state index contributed by atoms with van der Waals surface area (Å²) in [5.41, 5.74) is 0. The highest BCUT2D eigenvalue weighted by Crippen LogP contribution is 2.60. The zero-order chi connectivity index (χ0) is 10.3. The van der Waals surface area contributed by atoms with E-state index in [2.05, 4.69) is 14.2 Å². The highest BCUT2D eigenvalue weighted by molar-refractivity contribution is 6.42. The molecule has 1 aliphatic carbocycles. The minimum Gasteiger partial charge on any atom is -0.0682 e. The second-order valence-electron chi connectivity index (χ2n) is 6.46. The molecule has 0 aromatic heterocycles. The fraction of sp³-hybridized carbons (Fsp3) is 1.00.